The van der Waals surface area contributed by atoms with Crippen LogP contribution in [-0.4, -0.2) is 11.6 Å². The summed E-state index contributed by atoms with van der Waals surface area (Å²) in [5.41, 5.74) is 2.19. The van der Waals surface area contributed by atoms with Gasteiger partial charge in [-0.05, 0) is 23.6 Å². The molecule has 1 heterocycles. The van der Waals surface area contributed by atoms with Crippen LogP contribution in [0.15, 0.2) is 103 Å². The van der Waals surface area contributed by atoms with Gasteiger partial charge in [-0.1, -0.05) is 60.7 Å². The molecule has 34 heavy (non-hydrogen) atoms. The highest BCUT2D eigenvalue weighted by Gasteiger charge is 2.38. The number of halogens is 1. The number of para-hydroxylation sites is 1. The van der Waals surface area contributed by atoms with Crippen molar-refractivity contribution < 1.29 is 43.0 Å². The van der Waals surface area contributed by atoms with Crippen LogP contribution in [-0.2, 0) is 0 Å². The molecule has 9 heteroatoms. The van der Waals surface area contributed by atoms with Gasteiger partial charge in [-0.2, -0.15) is 4.57 Å². The summed E-state index contributed by atoms with van der Waals surface area (Å²) in [6, 6.07) is 26.2. The number of rotatable bonds is 3. The number of allylic oxidation sites excluding steroid dienone is 2. The van der Waals surface area contributed by atoms with Crippen LogP contribution in [0.2, 0.25) is 0 Å². The van der Waals surface area contributed by atoms with Crippen molar-refractivity contribution in [2.24, 2.45) is 0 Å². The summed E-state index contributed by atoms with van der Waals surface area (Å²) in [7, 11) is -4.94. The smallest absolute Gasteiger partial charge is 0.286 e. The molecule has 0 saturated carbocycles. The summed E-state index contributed by atoms with van der Waals surface area (Å²) >= 11 is 0. The van der Waals surface area contributed by atoms with E-state index in [9.17, 15) is 9.59 Å². The lowest BCUT2D eigenvalue weighted by molar-refractivity contribution is -2.00. The zero-order valence-corrected chi connectivity index (χ0v) is 18.3. The lowest BCUT2D eigenvalue weighted by atomic mass is 9.90. The number of nitrogens with one attached hydrogen (secondary N) is 1. The van der Waals surface area contributed by atoms with E-state index in [2.05, 4.69) is 5.32 Å². The van der Waals surface area contributed by atoms with Crippen molar-refractivity contribution in [2.75, 3.05) is 5.32 Å². The highest BCUT2D eigenvalue weighted by Crippen LogP contribution is 2.28. The molecule has 8 nitrogen and oxygen atoms in total. The molecule has 170 valence electrons. The van der Waals surface area contributed by atoms with E-state index in [1.54, 1.807) is 28.8 Å². The van der Waals surface area contributed by atoms with Crippen LogP contribution in [0.3, 0.4) is 0 Å². The molecule has 0 bridgehead atoms. The molecule has 0 spiro atoms. The molecule has 0 fully saturated rings. The van der Waals surface area contributed by atoms with Crippen LogP contribution in [0, 0.1) is 10.2 Å². The highest BCUT2D eigenvalue weighted by molar-refractivity contribution is 6.36. The van der Waals surface area contributed by atoms with E-state index in [1.165, 1.54) is 0 Å². The maximum absolute atomic E-state index is 13.4. The van der Waals surface area contributed by atoms with Crippen molar-refractivity contribution in [2.45, 2.75) is 0 Å². The zero-order valence-electron chi connectivity index (χ0n) is 17.5. The second-order valence-electron chi connectivity index (χ2n) is 7.28. The van der Waals surface area contributed by atoms with Crippen LogP contribution in [0.5, 0.6) is 0 Å². The number of hydrogen-bond acceptors (Lipinski definition) is 7. The van der Waals surface area contributed by atoms with Crippen LogP contribution in [0.25, 0.3) is 16.5 Å². The van der Waals surface area contributed by atoms with Gasteiger partial charge in [0.15, 0.2) is 18.1 Å². The number of carbonyl (C=O) groups is 2. The molecule has 3 aromatic carbocycles. The number of hydrogen-bond donors (Lipinski definition) is 1. The monoisotopic (exact) mass is 476 g/mol. The Balaban J connectivity index is 0.000000499. The third-order valence-electron chi connectivity index (χ3n) is 5.09. The lowest BCUT2D eigenvalue weighted by Gasteiger charge is -2.18. The second kappa shape index (κ2) is 9.52. The standard InChI is InChI=1S/C25H16N2O2.ClHO4/c28-24-20-12-6-7-13-21(20)25(29)23(22(24)26-19-10-2-1-3-11-19)27-15-14-17-8-4-5-9-18(17)16-27;2-1(3,4)5/h1-16H;(H,2,3,4,5). The van der Waals surface area contributed by atoms with Crippen LogP contribution < -0.4 is 28.5 Å². The van der Waals surface area contributed by atoms with Crippen LogP contribution in [0.1, 0.15) is 20.7 Å². The van der Waals surface area contributed by atoms with E-state index >= 15 is 0 Å². The first-order chi connectivity index (χ1) is 16.2. The number of Topliss-reactive ketones (excluding diaryl/α,β-unsaturated/α-hetero) is 2. The van der Waals surface area contributed by atoms with Gasteiger partial charge in [0.25, 0.3) is 11.5 Å². The number of pyridine rings is 1. The first kappa shape index (κ1) is 23.2. The van der Waals surface area contributed by atoms with Gasteiger partial charge in [0.1, 0.15) is 0 Å². The Bertz CT molecular complexity index is 1410. The van der Waals surface area contributed by atoms with E-state index in [0.29, 0.717) is 16.8 Å². The predicted octanol–water partition coefficient (Wildman–Crippen LogP) is -0.269. The van der Waals surface area contributed by atoms with Gasteiger partial charge in [0, 0.05) is 28.3 Å². The minimum Gasteiger partial charge on any atom is -0.347 e. The largest absolute Gasteiger partial charge is 0.347 e. The minimum absolute atomic E-state index is 0.182. The molecule has 4 aromatic rings. The Morgan fingerprint density at radius 2 is 1.18 bits per heavy atom. The Hall–Kier alpha value is -3.92. The van der Waals surface area contributed by atoms with E-state index in [4.69, 9.17) is 18.6 Å². The number of fused-ring (bicyclic) bond motifs is 2. The van der Waals surface area contributed by atoms with E-state index in [0.717, 1.165) is 16.5 Å². The average molecular weight is 477 g/mol. The Kier molecular flexibility index (Phi) is 6.51. The molecule has 1 aromatic heterocycles. The maximum atomic E-state index is 13.4. The van der Waals surface area contributed by atoms with Crippen molar-refractivity contribution >= 4 is 33.7 Å². The number of benzene rings is 3. The van der Waals surface area contributed by atoms with Crippen molar-refractivity contribution in [1.82, 2.24) is 0 Å². The normalized spacial score (nSPS) is 13.3. The van der Waals surface area contributed by atoms with Gasteiger partial charge in [-0.25, -0.2) is 18.6 Å². The van der Waals surface area contributed by atoms with E-state index < -0.39 is 10.2 Å². The third-order valence-corrected chi connectivity index (χ3v) is 5.09. The Morgan fingerprint density at radius 1 is 0.647 bits per heavy atom. The van der Waals surface area contributed by atoms with Crippen LogP contribution in [0.4, 0.5) is 5.69 Å². The fraction of sp³-hybridized carbons (Fsp3) is 0. The highest BCUT2D eigenvalue weighted by atomic mass is 35.7. The fourth-order valence-corrected chi connectivity index (χ4v) is 3.66. The van der Waals surface area contributed by atoms with Gasteiger partial charge in [-0.15, -0.1) is 10.2 Å². The molecule has 5 rings (SSSR count). The predicted molar refractivity (Wildman–Crippen MR) is 113 cm³/mol. The molecule has 1 aliphatic rings. The first-order valence-corrected chi connectivity index (χ1v) is 11.2. The molecule has 0 aliphatic heterocycles. The second-order valence-corrected chi connectivity index (χ2v) is 8.03. The molecule has 0 unspecified atom stereocenters. The van der Waals surface area contributed by atoms with Gasteiger partial charge in [0.05, 0.1) is 0 Å². The Morgan fingerprint density at radius 3 is 1.82 bits per heavy atom. The van der Waals surface area contributed by atoms with Crippen molar-refractivity contribution in [3.8, 4) is 0 Å². The van der Waals surface area contributed by atoms with Crippen LogP contribution >= 0.6 is 0 Å². The number of anilines is 1. The average Bonchev–Trinajstić information content (AvgIpc) is 2.82. The topological polar surface area (TPSA) is 142 Å². The molecule has 0 radical (unpaired) electrons. The minimum atomic E-state index is -4.94. The number of ketones is 2. The summed E-state index contributed by atoms with van der Waals surface area (Å²) in [6.07, 6.45) is 3.71. The third kappa shape index (κ3) is 5.18. The number of aromatic nitrogens is 1. The summed E-state index contributed by atoms with van der Waals surface area (Å²) in [5.74, 6) is -0.376. The molecular weight excluding hydrogens is 460 g/mol. The van der Waals surface area contributed by atoms with Crippen molar-refractivity contribution in [3.63, 3.8) is 0 Å². The molecule has 0 amide bonds. The number of carbonyl (C=O) groups excluding carboxylic acids is 2. The Labute approximate surface area is 196 Å². The fourth-order valence-electron chi connectivity index (χ4n) is 3.66. The van der Waals surface area contributed by atoms with Crippen molar-refractivity contribution in [1.29, 1.82) is 0 Å². The summed E-state index contributed by atoms with van der Waals surface area (Å²) in [5, 5.41) is 5.24. The number of nitrogens with zero attached hydrogens (tertiary/aromatic N) is 1. The summed E-state index contributed by atoms with van der Waals surface area (Å²) < 4.78 is 35.7. The van der Waals surface area contributed by atoms with Crippen molar-refractivity contribution in [3.05, 3.63) is 114 Å². The molecule has 1 N–H and O–H groups in total. The summed E-state index contributed by atoms with van der Waals surface area (Å²) in [6.45, 7) is 0. The zero-order chi connectivity index (χ0) is 24.3. The maximum Gasteiger partial charge on any atom is 0.286 e. The van der Waals surface area contributed by atoms with E-state index in [1.807, 2.05) is 73.1 Å². The van der Waals surface area contributed by atoms with Gasteiger partial charge in [-0.3, -0.25) is 9.59 Å². The van der Waals surface area contributed by atoms with Gasteiger partial charge in [0.2, 0.25) is 5.78 Å². The first-order valence-electron chi connectivity index (χ1n) is 9.99. The molecule has 1 aliphatic carbocycles. The molecule has 0 saturated heterocycles. The summed E-state index contributed by atoms with van der Waals surface area (Å²) in [4.78, 5) is 26.8. The molecular formula is C25H17ClN2O6. The van der Waals surface area contributed by atoms with Gasteiger partial charge < -0.3 is 5.32 Å². The van der Waals surface area contributed by atoms with E-state index in [-0.39, 0.29) is 17.3 Å². The molecule has 0 atom stereocenters. The van der Waals surface area contributed by atoms with Gasteiger partial charge >= 0.3 is 0 Å². The SMILES string of the molecule is O=C1C(Nc2ccccc2)=C([n+]2ccc3ccccc3c2)C(=O)c2ccccc21.[O-][Cl+3]([O-])([O-])[O-]. The lowest BCUT2D eigenvalue weighted by Crippen LogP contribution is -2.68. The quantitative estimate of drug-likeness (QED) is 0.401.